The molecule has 0 aliphatic heterocycles. The van der Waals surface area contributed by atoms with Crippen molar-refractivity contribution < 1.29 is 8.78 Å². The minimum absolute atomic E-state index is 0.290. The molecule has 2 heterocycles. The van der Waals surface area contributed by atoms with Gasteiger partial charge in [-0.25, -0.2) is 23.7 Å². The summed E-state index contributed by atoms with van der Waals surface area (Å²) in [4.78, 5) is 13.8. The lowest BCUT2D eigenvalue weighted by atomic mass is 10.1. The zero-order chi connectivity index (χ0) is 16.4. The molecule has 5 nitrogen and oxygen atoms in total. The Kier molecular flexibility index (Phi) is 4.08. The van der Waals surface area contributed by atoms with Crippen molar-refractivity contribution in [2.45, 2.75) is 19.3 Å². The van der Waals surface area contributed by atoms with E-state index >= 15 is 0 Å². The van der Waals surface area contributed by atoms with Crippen LogP contribution in [0, 0.1) is 6.92 Å². The Morgan fingerprint density at radius 2 is 2.13 bits per heavy atom. The summed E-state index contributed by atoms with van der Waals surface area (Å²) in [5.41, 5.74) is 1.94. The van der Waals surface area contributed by atoms with Crippen molar-refractivity contribution in [3.8, 4) is 10.6 Å². The number of alkyl halides is 2. The van der Waals surface area contributed by atoms with Gasteiger partial charge in [-0.1, -0.05) is 17.4 Å². The summed E-state index contributed by atoms with van der Waals surface area (Å²) in [6, 6.07) is 1.77. The summed E-state index contributed by atoms with van der Waals surface area (Å²) in [6.07, 6.45) is 5.03. The van der Waals surface area contributed by atoms with Gasteiger partial charge in [0.05, 0.1) is 22.7 Å². The van der Waals surface area contributed by atoms with Gasteiger partial charge >= 0.3 is 0 Å². The third kappa shape index (κ3) is 3.53. The molecule has 0 aromatic carbocycles. The number of rotatable bonds is 4. The molecule has 8 heteroatoms. The van der Waals surface area contributed by atoms with Crippen LogP contribution in [0.4, 0.5) is 19.9 Å². The zero-order valence-electron chi connectivity index (χ0n) is 12.6. The molecule has 0 fully saturated rings. The van der Waals surface area contributed by atoms with Crippen molar-refractivity contribution in [2.24, 2.45) is 0 Å². The van der Waals surface area contributed by atoms with Gasteiger partial charge in [-0.05, 0) is 25.1 Å². The maximum absolute atomic E-state index is 13.4. The summed E-state index contributed by atoms with van der Waals surface area (Å²) in [5, 5.41) is 6.66. The van der Waals surface area contributed by atoms with E-state index in [4.69, 9.17) is 0 Å². The van der Waals surface area contributed by atoms with Gasteiger partial charge in [-0.3, -0.25) is 0 Å². The largest absolute Gasteiger partial charge is 0.365 e. The van der Waals surface area contributed by atoms with E-state index in [9.17, 15) is 8.78 Å². The maximum atomic E-state index is 13.4. The number of aromatic nitrogens is 3. The third-order valence-corrected chi connectivity index (χ3v) is 4.43. The fourth-order valence-electron chi connectivity index (χ4n) is 2.19. The molecule has 3 rings (SSSR count). The first-order valence-electron chi connectivity index (χ1n) is 6.99. The number of nitrogens with zero attached hydrogens (tertiary/aromatic N) is 3. The summed E-state index contributed by atoms with van der Waals surface area (Å²) >= 11 is 1.48. The molecule has 2 aromatic rings. The second-order valence-corrected chi connectivity index (χ2v) is 6.06. The van der Waals surface area contributed by atoms with Crippen molar-refractivity contribution in [1.29, 1.82) is 0 Å². The minimum Gasteiger partial charge on any atom is -0.365 e. The van der Waals surface area contributed by atoms with Crippen LogP contribution < -0.4 is 10.6 Å². The summed E-state index contributed by atoms with van der Waals surface area (Å²) in [7, 11) is 1.80. The van der Waals surface area contributed by atoms with Gasteiger partial charge in [0.25, 0.3) is 5.92 Å². The molecule has 0 amide bonds. The van der Waals surface area contributed by atoms with Gasteiger partial charge in [0.15, 0.2) is 5.13 Å². The van der Waals surface area contributed by atoms with Crippen LogP contribution in [0.15, 0.2) is 36.2 Å². The lowest BCUT2D eigenvalue weighted by Gasteiger charge is -2.18. The average Bonchev–Trinajstić information content (AvgIpc) is 2.88. The highest BCUT2D eigenvalue weighted by Crippen LogP contribution is 2.32. The zero-order valence-corrected chi connectivity index (χ0v) is 13.4. The Morgan fingerprint density at radius 3 is 2.83 bits per heavy atom. The van der Waals surface area contributed by atoms with E-state index in [0.29, 0.717) is 17.3 Å². The number of hydrogen-bond acceptors (Lipinski definition) is 6. The fourth-order valence-corrected chi connectivity index (χ4v) is 3.08. The van der Waals surface area contributed by atoms with Crippen LogP contribution in [0.1, 0.15) is 12.1 Å². The molecule has 2 aromatic heterocycles. The molecule has 2 N–H and O–H groups in total. The van der Waals surface area contributed by atoms with E-state index in [1.54, 1.807) is 25.4 Å². The normalized spacial score (nSPS) is 16.1. The number of hydrogen-bond donors (Lipinski definition) is 2. The number of allylic oxidation sites excluding steroid dienone is 4. The second kappa shape index (κ2) is 6.04. The Bertz CT molecular complexity index is 782. The average molecular weight is 335 g/mol. The van der Waals surface area contributed by atoms with Gasteiger partial charge in [0.2, 0.25) is 5.95 Å². The molecule has 1 aliphatic rings. The Labute approximate surface area is 136 Å². The molecule has 0 saturated heterocycles. The molecular weight excluding hydrogens is 320 g/mol. The molecular formula is C15H15F2N5S. The topological polar surface area (TPSA) is 62.7 Å². The molecule has 0 bridgehead atoms. The van der Waals surface area contributed by atoms with Gasteiger partial charge in [0, 0.05) is 18.9 Å². The summed E-state index contributed by atoms with van der Waals surface area (Å²) in [6.45, 7) is 1.90. The highest BCUT2D eigenvalue weighted by atomic mass is 32.1. The standard InChI is InChI=1S/C15H15F2N5S/c1-9-12(23-14(18-2)20-9)11-5-7-19-13(22-11)21-10-4-3-6-15(16,17)8-10/h3-7H,8H2,1-2H3,(H,18,20)(H,19,21,22). The molecule has 0 radical (unpaired) electrons. The Morgan fingerprint density at radius 1 is 1.30 bits per heavy atom. The Balaban J connectivity index is 1.84. The van der Waals surface area contributed by atoms with Crippen LogP contribution in [-0.4, -0.2) is 27.9 Å². The van der Waals surface area contributed by atoms with E-state index < -0.39 is 5.92 Å². The smallest absolute Gasteiger partial charge is 0.272 e. The van der Waals surface area contributed by atoms with Gasteiger partial charge in [-0.15, -0.1) is 0 Å². The van der Waals surface area contributed by atoms with Crippen molar-refractivity contribution in [3.05, 3.63) is 41.9 Å². The lowest BCUT2D eigenvalue weighted by molar-refractivity contribution is 0.0547. The number of nitrogens with one attached hydrogen (secondary N) is 2. The quantitative estimate of drug-likeness (QED) is 0.889. The van der Waals surface area contributed by atoms with Gasteiger partial charge in [-0.2, -0.15) is 0 Å². The van der Waals surface area contributed by atoms with Crippen LogP contribution >= 0.6 is 11.3 Å². The third-order valence-electron chi connectivity index (χ3n) is 3.23. The van der Waals surface area contributed by atoms with Gasteiger partial charge in [0.1, 0.15) is 0 Å². The monoisotopic (exact) mass is 335 g/mol. The van der Waals surface area contributed by atoms with E-state index in [1.807, 2.05) is 6.92 Å². The number of aryl methyl sites for hydroxylation is 1. The fraction of sp³-hybridized carbons (Fsp3) is 0.267. The molecule has 0 saturated carbocycles. The molecule has 120 valence electrons. The van der Waals surface area contributed by atoms with E-state index in [2.05, 4.69) is 25.6 Å². The maximum Gasteiger partial charge on any atom is 0.272 e. The SMILES string of the molecule is CNc1nc(C)c(-c2ccnc(NC3=CC=CC(F)(F)C3)n2)s1. The number of anilines is 2. The summed E-state index contributed by atoms with van der Waals surface area (Å²) < 4.78 is 26.7. The van der Waals surface area contributed by atoms with Crippen molar-refractivity contribution in [1.82, 2.24) is 15.0 Å². The second-order valence-electron chi connectivity index (χ2n) is 5.06. The molecule has 0 unspecified atom stereocenters. The first-order valence-corrected chi connectivity index (χ1v) is 7.80. The van der Waals surface area contributed by atoms with E-state index in [-0.39, 0.29) is 6.42 Å². The first-order chi connectivity index (χ1) is 11.0. The predicted octanol–water partition coefficient (Wildman–Crippen LogP) is 3.84. The van der Waals surface area contributed by atoms with Gasteiger partial charge < -0.3 is 10.6 Å². The first kappa shape index (κ1) is 15.5. The number of halogens is 2. The molecule has 1 aliphatic carbocycles. The predicted molar refractivity (Wildman–Crippen MR) is 87.8 cm³/mol. The number of thiazole rings is 1. The van der Waals surface area contributed by atoms with Crippen LogP contribution in [-0.2, 0) is 0 Å². The van der Waals surface area contributed by atoms with E-state index in [1.165, 1.54) is 17.4 Å². The lowest BCUT2D eigenvalue weighted by Crippen LogP contribution is -2.19. The highest BCUT2D eigenvalue weighted by Gasteiger charge is 2.28. The van der Waals surface area contributed by atoms with Crippen LogP contribution in [0.3, 0.4) is 0 Å². The van der Waals surface area contributed by atoms with Crippen LogP contribution in [0.25, 0.3) is 10.6 Å². The highest BCUT2D eigenvalue weighted by molar-refractivity contribution is 7.19. The van der Waals surface area contributed by atoms with Crippen molar-refractivity contribution >= 4 is 22.4 Å². The van der Waals surface area contributed by atoms with E-state index in [0.717, 1.165) is 21.8 Å². The summed E-state index contributed by atoms with van der Waals surface area (Å²) in [5.74, 6) is -2.55. The molecule has 0 atom stereocenters. The van der Waals surface area contributed by atoms with Crippen LogP contribution in [0.2, 0.25) is 0 Å². The van der Waals surface area contributed by atoms with Crippen molar-refractivity contribution in [3.63, 3.8) is 0 Å². The van der Waals surface area contributed by atoms with Crippen LogP contribution in [0.5, 0.6) is 0 Å². The van der Waals surface area contributed by atoms with Crippen molar-refractivity contribution in [2.75, 3.05) is 17.7 Å². The molecule has 0 spiro atoms. The molecule has 23 heavy (non-hydrogen) atoms. The minimum atomic E-state index is -2.84. The Hall–Kier alpha value is -2.35.